The summed E-state index contributed by atoms with van der Waals surface area (Å²) < 4.78 is 44.1. The first-order valence-electron chi connectivity index (χ1n) is 6.58. The number of aliphatic hydroxyl groups is 1. The molecule has 1 atom stereocenters. The van der Waals surface area contributed by atoms with E-state index >= 15 is 0 Å². The van der Waals surface area contributed by atoms with E-state index in [0.29, 0.717) is 0 Å². The van der Waals surface area contributed by atoms with Crippen molar-refractivity contribution in [2.45, 2.75) is 11.8 Å². The van der Waals surface area contributed by atoms with Gasteiger partial charge in [0.25, 0.3) is 0 Å². The van der Waals surface area contributed by atoms with E-state index in [1.165, 1.54) is 24.3 Å². The molecule has 1 unspecified atom stereocenters. The lowest BCUT2D eigenvalue weighted by atomic mass is 9.93. The normalized spacial score (nSPS) is 13.8. The minimum atomic E-state index is -5.07. The second-order valence-corrected chi connectivity index (χ2v) is 4.75. The highest BCUT2D eigenvalue weighted by Crippen LogP contribution is 2.38. The molecular weight excluding hydrogens is 331 g/mol. The van der Waals surface area contributed by atoms with E-state index < -0.39 is 35.7 Å². The van der Waals surface area contributed by atoms with Gasteiger partial charge in [-0.25, -0.2) is 0 Å². The van der Waals surface area contributed by atoms with Crippen LogP contribution in [0.1, 0.15) is 5.56 Å². The fourth-order valence-electron chi connectivity index (χ4n) is 1.82. The highest BCUT2D eigenvalue weighted by Gasteiger charge is 2.55. The lowest BCUT2D eigenvalue weighted by Gasteiger charge is -2.31. The topological polar surface area (TPSA) is 104 Å². The smallest absolute Gasteiger partial charge is 0.375 e. The number of aromatic nitrogens is 1. The number of halogens is 3. The highest BCUT2D eigenvalue weighted by molar-refractivity contribution is 6.39. The van der Waals surface area contributed by atoms with Gasteiger partial charge in [0.2, 0.25) is 5.60 Å². The van der Waals surface area contributed by atoms with Gasteiger partial charge in [0.1, 0.15) is 6.26 Å². The van der Waals surface area contributed by atoms with Crippen molar-refractivity contribution < 1.29 is 32.4 Å². The molecule has 1 aromatic carbocycles. The minimum absolute atomic E-state index is 0.0794. The molecule has 7 nitrogen and oxygen atoms in total. The molecule has 10 heteroatoms. The zero-order valence-electron chi connectivity index (χ0n) is 12.0. The van der Waals surface area contributed by atoms with Crippen molar-refractivity contribution in [3.8, 4) is 0 Å². The maximum atomic E-state index is 13.2. The third kappa shape index (κ3) is 3.71. The molecule has 1 heterocycles. The summed E-state index contributed by atoms with van der Waals surface area (Å²) in [4.78, 5) is 23.2. The Labute approximate surface area is 133 Å². The Morgan fingerprint density at radius 1 is 1.12 bits per heavy atom. The second kappa shape index (κ2) is 6.71. The summed E-state index contributed by atoms with van der Waals surface area (Å²) in [5, 5.41) is 17.1. The Bertz CT molecular complexity index is 704. The summed E-state index contributed by atoms with van der Waals surface area (Å²) in [7, 11) is 0. The number of hydrogen-bond donors (Lipinski definition) is 3. The van der Waals surface area contributed by atoms with E-state index in [4.69, 9.17) is 0 Å². The van der Waals surface area contributed by atoms with Gasteiger partial charge in [0.05, 0.1) is 6.54 Å². The lowest BCUT2D eigenvalue weighted by molar-refractivity contribution is -0.264. The summed E-state index contributed by atoms with van der Waals surface area (Å²) >= 11 is 0. The SMILES string of the molecule is O=C(NCC(O)(c1ccccc1)C(F)(F)F)C(=O)Nc1ccon1. The van der Waals surface area contributed by atoms with E-state index in [9.17, 15) is 27.9 Å². The fraction of sp³-hybridized carbons (Fsp3) is 0.214. The number of anilines is 1. The number of carbonyl (C=O) groups excluding carboxylic acids is 2. The Morgan fingerprint density at radius 3 is 2.33 bits per heavy atom. The minimum Gasteiger partial charge on any atom is -0.375 e. The van der Waals surface area contributed by atoms with Crippen molar-refractivity contribution in [2.24, 2.45) is 0 Å². The summed E-state index contributed by atoms with van der Waals surface area (Å²) in [5.41, 5.74) is -3.80. The Balaban J connectivity index is 2.08. The molecule has 0 spiro atoms. The van der Waals surface area contributed by atoms with Crippen LogP contribution in [0.15, 0.2) is 47.2 Å². The van der Waals surface area contributed by atoms with Gasteiger partial charge in [-0.1, -0.05) is 35.5 Å². The molecule has 0 saturated carbocycles. The quantitative estimate of drug-likeness (QED) is 0.723. The number of alkyl halides is 3. The van der Waals surface area contributed by atoms with Crippen LogP contribution in [0.4, 0.5) is 19.0 Å². The third-order valence-electron chi connectivity index (χ3n) is 3.11. The number of benzene rings is 1. The lowest BCUT2D eigenvalue weighted by Crippen LogP contribution is -2.52. The molecule has 0 aliphatic carbocycles. The Morgan fingerprint density at radius 2 is 1.79 bits per heavy atom. The van der Waals surface area contributed by atoms with Gasteiger partial charge in [-0.2, -0.15) is 13.2 Å². The molecule has 1 aromatic heterocycles. The van der Waals surface area contributed by atoms with Crippen molar-refractivity contribution in [1.29, 1.82) is 0 Å². The number of carbonyl (C=O) groups is 2. The van der Waals surface area contributed by atoms with Gasteiger partial charge in [0, 0.05) is 6.07 Å². The second-order valence-electron chi connectivity index (χ2n) is 4.75. The molecule has 2 aromatic rings. The predicted octanol–water partition coefficient (Wildman–Crippen LogP) is 1.18. The monoisotopic (exact) mass is 343 g/mol. The van der Waals surface area contributed by atoms with Crippen LogP contribution in [-0.4, -0.2) is 34.8 Å². The van der Waals surface area contributed by atoms with Crippen LogP contribution in [0, 0.1) is 0 Å². The van der Waals surface area contributed by atoms with E-state index in [1.807, 2.05) is 5.32 Å². The van der Waals surface area contributed by atoms with E-state index in [0.717, 1.165) is 18.4 Å². The first-order chi connectivity index (χ1) is 11.2. The van der Waals surface area contributed by atoms with Crippen molar-refractivity contribution in [2.75, 3.05) is 11.9 Å². The summed E-state index contributed by atoms with van der Waals surface area (Å²) in [6.07, 6.45) is -3.93. The number of nitrogens with one attached hydrogen (secondary N) is 2. The van der Waals surface area contributed by atoms with Crippen molar-refractivity contribution in [3.05, 3.63) is 48.2 Å². The maximum absolute atomic E-state index is 13.2. The van der Waals surface area contributed by atoms with E-state index in [2.05, 4.69) is 9.68 Å². The van der Waals surface area contributed by atoms with Crippen LogP contribution in [0.5, 0.6) is 0 Å². The van der Waals surface area contributed by atoms with Crippen LogP contribution >= 0.6 is 0 Å². The number of amides is 2. The van der Waals surface area contributed by atoms with Crippen LogP contribution in [0.25, 0.3) is 0 Å². The van der Waals surface area contributed by atoms with E-state index in [-0.39, 0.29) is 5.82 Å². The van der Waals surface area contributed by atoms with Crippen molar-refractivity contribution in [1.82, 2.24) is 10.5 Å². The zero-order valence-corrected chi connectivity index (χ0v) is 12.0. The molecule has 0 aliphatic heterocycles. The molecule has 0 fully saturated rings. The molecule has 3 N–H and O–H groups in total. The maximum Gasteiger partial charge on any atom is 0.423 e. The van der Waals surface area contributed by atoms with Gasteiger partial charge < -0.3 is 14.9 Å². The Kier molecular flexibility index (Phi) is 4.88. The molecule has 2 rings (SSSR count). The molecule has 0 aliphatic rings. The molecule has 0 radical (unpaired) electrons. The van der Waals surface area contributed by atoms with E-state index in [1.54, 1.807) is 5.32 Å². The van der Waals surface area contributed by atoms with Crippen LogP contribution in [-0.2, 0) is 15.2 Å². The number of rotatable bonds is 4. The van der Waals surface area contributed by atoms with Crippen LogP contribution < -0.4 is 10.6 Å². The van der Waals surface area contributed by atoms with Gasteiger partial charge in [0.15, 0.2) is 5.82 Å². The fourth-order valence-corrected chi connectivity index (χ4v) is 1.82. The standard InChI is InChI=1S/C14H12F3N3O4/c15-14(16,17)13(23,9-4-2-1-3-5-9)8-18-11(21)12(22)19-10-6-7-24-20-10/h1-7,23H,8H2,(H,18,21)(H,19,20,22). The largest absolute Gasteiger partial charge is 0.423 e. The van der Waals surface area contributed by atoms with Crippen molar-refractivity contribution in [3.63, 3.8) is 0 Å². The first kappa shape index (κ1) is 17.5. The van der Waals surface area contributed by atoms with Gasteiger partial charge >= 0.3 is 18.0 Å². The summed E-state index contributed by atoms with van der Waals surface area (Å²) in [6, 6.07) is 7.46. The van der Waals surface area contributed by atoms with Gasteiger partial charge in [-0.3, -0.25) is 14.9 Å². The molecular formula is C14H12F3N3O4. The van der Waals surface area contributed by atoms with Gasteiger partial charge in [-0.15, -0.1) is 0 Å². The molecule has 128 valence electrons. The summed E-state index contributed by atoms with van der Waals surface area (Å²) in [5.74, 6) is -2.69. The number of hydrogen-bond acceptors (Lipinski definition) is 5. The third-order valence-corrected chi connectivity index (χ3v) is 3.11. The number of nitrogens with zero attached hydrogens (tertiary/aromatic N) is 1. The average Bonchev–Trinajstić information content (AvgIpc) is 3.04. The van der Waals surface area contributed by atoms with Crippen molar-refractivity contribution >= 4 is 17.6 Å². The zero-order chi connectivity index (χ0) is 17.8. The molecule has 0 bridgehead atoms. The molecule has 24 heavy (non-hydrogen) atoms. The molecule has 2 amide bonds. The highest BCUT2D eigenvalue weighted by atomic mass is 19.4. The summed E-state index contributed by atoms with van der Waals surface area (Å²) in [6.45, 7) is -1.23. The van der Waals surface area contributed by atoms with Gasteiger partial charge in [-0.05, 0) is 5.56 Å². The predicted molar refractivity (Wildman–Crippen MR) is 74.5 cm³/mol. The molecule has 0 saturated heterocycles. The van der Waals surface area contributed by atoms with Crippen LogP contribution in [0.3, 0.4) is 0 Å². The Hall–Kier alpha value is -2.88. The van der Waals surface area contributed by atoms with Crippen LogP contribution in [0.2, 0.25) is 0 Å². The average molecular weight is 343 g/mol. The first-order valence-corrected chi connectivity index (χ1v) is 6.58.